The fourth-order valence-electron chi connectivity index (χ4n) is 1.35. The van der Waals surface area contributed by atoms with E-state index in [1.54, 1.807) is 18.3 Å². The minimum Gasteiger partial charge on any atom is -0.493 e. The Bertz CT molecular complexity index is 456. The van der Waals surface area contributed by atoms with Crippen molar-refractivity contribution >= 4 is 11.6 Å². The Labute approximate surface area is 109 Å². The van der Waals surface area contributed by atoms with Crippen LogP contribution in [0.15, 0.2) is 18.2 Å². The van der Waals surface area contributed by atoms with E-state index < -0.39 is 12.1 Å². The summed E-state index contributed by atoms with van der Waals surface area (Å²) >= 11 is 0. The minimum absolute atomic E-state index is 0.0942. The molecule has 0 bridgehead atoms. The molecule has 0 unspecified atom stereocenters. The average molecular weight is 275 g/mol. The highest BCUT2D eigenvalue weighted by molar-refractivity contribution is 5.95. The number of carbonyl (C=O) groups excluding carboxylic acids is 1. The molecule has 1 aromatic rings. The van der Waals surface area contributed by atoms with E-state index in [0.29, 0.717) is 23.8 Å². The topological polar surface area (TPSA) is 38.3 Å². The predicted molar refractivity (Wildman–Crippen MR) is 66.2 cm³/mol. The molecule has 0 atom stereocenters. The fraction of sp³-hybridized carbons (Fsp3) is 0.462. The second kappa shape index (κ2) is 5.95. The van der Waals surface area contributed by atoms with E-state index in [-0.39, 0.29) is 5.69 Å². The molecule has 0 fully saturated rings. The maximum atomic E-state index is 12.1. The predicted octanol–water partition coefficient (Wildman–Crippen LogP) is 3.53. The lowest BCUT2D eigenvalue weighted by Crippen LogP contribution is -2.29. The Morgan fingerprint density at radius 1 is 1.37 bits per heavy atom. The van der Waals surface area contributed by atoms with Crippen molar-refractivity contribution in [3.8, 4) is 5.75 Å². The Balaban J connectivity index is 2.74. The van der Waals surface area contributed by atoms with E-state index in [2.05, 4.69) is 0 Å². The van der Waals surface area contributed by atoms with Crippen LogP contribution in [0.2, 0.25) is 0 Å². The van der Waals surface area contributed by atoms with Crippen LogP contribution < -0.4 is 10.1 Å². The maximum Gasteiger partial charge on any atom is 0.471 e. The average Bonchev–Trinajstić information content (AvgIpc) is 2.26. The van der Waals surface area contributed by atoms with Gasteiger partial charge in [0.05, 0.1) is 6.61 Å². The summed E-state index contributed by atoms with van der Waals surface area (Å²) in [6.07, 6.45) is -4.89. The van der Waals surface area contributed by atoms with E-state index >= 15 is 0 Å². The van der Waals surface area contributed by atoms with Gasteiger partial charge in [-0.15, -0.1) is 0 Å². The summed E-state index contributed by atoms with van der Waals surface area (Å²) in [7, 11) is 0. The number of benzene rings is 1. The zero-order valence-electron chi connectivity index (χ0n) is 11.0. The Morgan fingerprint density at radius 2 is 2.00 bits per heavy atom. The van der Waals surface area contributed by atoms with Crippen LogP contribution in [0.3, 0.4) is 0 Å². The Hall–Kier alpha value is -1.72. The molecule has 19 heavy (non-hydrogen) atoms. The molecule has 0 aliphatic carbocycles. The number of alkyl halides is 3. The summed E-state index contributed by atoms with van der Waals surface area (Å²) in [5, 5.41) is 1.80. The van der Waals surface area contributed by atoms with Crippen molar-refractivity contribution < 1.29 is 22.7 Å². The SMILES string of the molecule is Cc1cc(NC(=O)C(F)(F)F)ccc1OCC(C)C. The molecule has 1 rings (SSSR count). The van der Waals surface area contributed by atoms with Crippen LogP contribution in [0.5, 0.6) is 5.75 Å². The second-order valence-corrected chi connectivity index (χ2v) is 4.64. The van der Waals surface area contributed by atoms with Crippen LogP contribution in [-0.4, -0.2) is 18.7 Å². The minimum atomic E-state index is -4.89. The van der Waals surface area contributed by atoms with Crippen molar-refractivity contribution in [2.24, 2.45) is 5.92 Å². The van der Waals surface area contributed by atoms with Crippen molar-refractivity contribution in [1.82, 2.24) is 0 Å². The van der Waals surface area contributed by atoms with Crippen molar-refractivity contribution in [3.05, 3.63) is 23.8 Å². The van der Waals surface area contributed by atoms with Crippen LogP contribution in [0.1, 0.15) is 19.4 Å². The number of aryl methyl sites for hydroxylation is 1. The second-order valence-electron chi connectivity index (χ2n) is 4.64. The quantitative estimate of drug-likeness (QED) is 0.912. The Kier molecular flexibility index (Phi) is 4.80. The van der Waals surface area contributed by atoms with Gasteiger partial charge < -0.3 is 10.1 Å². The summed E-state index contributed by atoms with van der Waals surface area (Å²) in [4.78, 5) is 10.8. The standard InChI is InChI=1S/C13H16F3NO2/c1-8(2)7-19-11-5-4-10(6-9(11)3)17-12(18)13(14,15)16/h4-6,8H,7H2,1-3H3,(H,17,18). The van der Waals surface area contributed by atoms with Crippen LogP contribution in [-0.2, 0) is 4.79 Å². The van der Waals surface area contributed by atoms with E-state index in [4.69, 9.17) is 4.74 Å². The summed E-state index contributed by atoms with van der Waals surface area (Å²) in [6, 6.07) is 4.37. The number of nitrogens with one attached hydrogen (secondary N) is 1. The number of ether oxygens (including phenoxy) is 1. The number of carbonyl (C=O) groups is 1. The van der Waals surface area contributed by atoms with Crippen molar-refractivity contribution in [2.45, 2.75) is 26.9 Å². The van der Waals surface area contributed by atoms with Gasteiger partial charge in [-0.05, 0) is 36.6 Å². The van der Waals surface area contributed by atoms with Crippen LogP contribution in [0, 0.1) is 12.8 Å². The highest BCUT2D eigenvalue weighted by Gasteiger charge is 2.38. The van der Waals surface area contributed by atoms with Gasteiger partial charge >= 0.3 is 12.1 Å². The molecule has 0 heterocycles. The third-order valence-corrected chi connectivity index (χ3v) is 2.26. The largest absolute Gasteiger partial charge is 0.493 e. The summed E-state index contributed by atoms with van der Waals surface area (Å²) in [5.41, 5.74) is 0.761. The number of rotatable bonds is 4. The number of hydrogen-bond donors (Lipinski definition) is 1. The first-order chi connectivity index (χ1) is 8.70. The highest BCUT2D eigenvalue weighted by atomic mass is 19.4. The van der Waals surface area contributed by atoms with E-state index in [9.17, 15) is 18.0 Å². The summed E-state index contributed by atoms with van der Waals surface area (Å²) < 4.78 is 41.8. The molecule has 0 saturated carbocycles. The molecule has 1 aromatic carbocycles. The molecule has 0 aliphatic heterocycles. The number of amides is 1. The first kappa shape index (κ1) is 15.3. The summed E-state index contributed by atoms with van der Waals surface area (Å²) in [5.74, 6) is -1.04. The fourth-order valence-corrected chi connectivity index (χ4v) is 1.35. The van der Waals surface area contributed by atoms with Gasteiger partial charge in [0.1, 0.15) is 5.75 Å². The number of anilines is 1. The first-order valence-electron chi connectivity index (χ1n) is 5.81. The first-order valence-corrected chi connectivity index (χ1v) is 5.81. The third kappa shape index (κ3) is 4.81. The molecular weight excluding hydrogens is 259 g/mol. The van der Waals surface area contributed by atoms with Gasteiger partial charge in [-0.1, -0.05) is 13.8 Å². The molecular formula is C13H16F3NO2. The van der Waals surface area contributed by atoms with Gasteiger partial charge in [0.15, 0.2) is 0 Å². The summed E-state index contributed by atoms with van der Waals surface area (Å²) in [6.45, 7) is 6.22. The number of halogens is 3. The van der Waals surface area contributed by atoms with E-state index in [1.807, 2.05) is 13.8 Å². The lowest BCUT2D eigenvalue weighted by molar-refractivity contribution is -0.167. The molecule has 0 radical (unpaired) electrons. The Morgan fingerprint density at radius 3 is 2.47 bits per heavy atom. The molecule has 106 valence electrons. The van der Waals surface area contributed by atoms with E-state index in [1.165, 1.54) is 12.1 Å². The van der Waals surface area contributed by atoms with Crippen LogP contribution in [0.25, 0.3) is 0 Å². The van der Waals surface area contributed by atoms with Crippen LogP contribution >= 0.6 is 0 Å². The molecule has 1 N–H and O–H groups in total. The normalized spacial score (nSPS) is 11.5. The molecule has 3 nitrogen and oxygen atoms in total. The zero-order chi connectivity index (χ0) is 14.6. The van der Waals surface area contributed by atoms with Gasteiger partial charge in [-0.25, -0.2) is 0 Å². The highest BCUT2D eigenvalue weighted by Crippen LogP contribution is 2.24. The van der Waals surface area contributed by atoms with E-state index in [0.717, 1.165) is 0 Å². The van der Waals surface area contributed by atoms with Crippen molar-refractivity contribution in [1.29, 1.82) is 0 Å². The van der Waals surface area contributed by atoms with Gasteiger partial charge in [-0.2, -0.15) is 13.2 Å². The third-order valence-electron chi connectivity index (χ3n) is 2.26. The zero-order valence-corrected chi connectivity index (χ0v) is 11.0. The molecule has 0 spiro atoms. The molecule has 0 saturated heterocycles. The molecule has 0 aromatic heterocycles. The lowest BCUT2D eigenvalue weighted by Gasteiger charge is -2.13. The number of hydrogen-bond acceptors (Lipinski definition) is 2. The van der Waals surface area contributed by atoms with Crippen molar-refractivity contribution in [2.75, 3.05) is 11.9 Å². The van der Waals surface area contributed by atoms with Gasteiger partial charge in [0.2, 0.25) is 0 Å². The molecule has 0 aliphatic rings. The van der Waals surface area contributed by atoms with Gasteiger partial charge in [0.25, 0.3) is 0 Å². The van der Waals surface area contributed by atoms with Crippen molar-refractivity contribution in [3.63, 3.8) is 0 Å². The molecule has 6 heteroatoms. The lowest BCUT2D eigenvalue weighted by atomic mass is 10.2. The van der Waals surface area contributed by atoms with Gasteiger partial charge in [-0.3, -0.25) is 4.79 Å². The monoisotopic (exact) mass is 275 g/mol. The van der Waals surface area contributed by atoms with Gasteiger partial charge in [0, 0.05) is 5.69 Å². The maximum absolute atomic E-state index is 12.1. The van der Waals surface area contributed by atoms with Crippen LogP contribution in [0.4, 0.5) is 18.9 Å². The molecule has 1 amide bonds. The smallest absolute Gasteiger partial charge is 0.471 e.